The Balaban J connectivity index is 1.46. The van der Waals surface area contributed by atoms with Crippen LogP contribution < -0.4 is 9.47 Å². The van der Waals surface area contributed by atoms with Crippen molar-refractivity contribution in [1.29, 1.82) is 0 Å². The first-order valence-electron chi connectivity index (χ1n) is 11.3. The molecule has 0 saturated heterocycles. The molecule has 3 nitrogen and oxygen atoms in total. The van der Waals surface area contributed by atoms with E-state index in [0.717, 1.165) is 39.9 Å². The number of hydrogen-bond acceptors (Lipinski definition) is 2. The molecule has 0 saturated carbocycles. The van der Waals surface area contributed by atoms with E-state index in [9.17, 15) is 0 Å². The number of ether oxygens (including phenoxy) is 2. The van der Waals surface area contributed by atoms with Gasteiger partial charge in [0.1, 0.15) is 24.7 Å². The SMILES string of the molecule is Cc1ccc(Cc2cc(OCc3ccccc3)c3c(OCc4ccccc4)c[nH]c3c2)cc1. The Bertz CT molecular complexity index is 1320. The summed E-state index contributed by atoms with van der Waals surface area (Å²) in [4.78, 5) is 3.39. The molecule has 0 radical (unpaired) electrons. The predicted molar refractivity (Wildman–Crippen MR) is 134 cm³/mol. The molecular weight excluding hydrogens is 406 g/mol. The van der Waals surface area contributed by atoms with Crippen molar-refractivity contribution in [2.24, 2.45) is 0 Å². The highest BCUT2D eigenvalue weighted by atomic mass is 16.5. The molecule has 5 rings (SSSR count). The Labute approximate surface area is 194 Å². The van der Waals surface area contributed by atoms with Crippen molar-refractivity contribution >= 4 is 10.9 Å². The quantitative estimate of drug-likeness (QED) is 0.280. The van der Waals surface area contributed by atoms with E-state index >= 15 is 0 Å². The van der Waals surface area contributed by atoms with Gasteiger partial charge >= 0.3 is 0 Å². The second kappa shape index (κ2) is 9.66. The first-order chi connectivity index (χ1) is 16.2. The number of nitrogens with one attached hydrogen (secondary N) is 1. The molecule has 0 amide bonds. The molecule has 0 atom stereocenters. The molecule has 3 heteroatoms. The Morgan fingerprint density at radius 1 is 0.606 bits per heavy atom. The predicted octanol–water partition coefficient (Wildman–Crippen LogP) is 7.23. The molecule has 0 aliphatic rings. The lowest BCUT2D eigenvalue weighted by atomic mass is 10.0. The number of hydrogen-bond donors (Lipinski definition) is 1. The van der Waals surface area contributed by atoms with E-state index in [1.807, 2.05) is 42.6 Å². The first-order valence-corrected chi connectivity index (χ1v) is 11.3. The lowest BCUT2D eigenvalue weighted by Gasteiger charge is -2.13. The number of benzene rings is 4. The van der Waals surface area contributed by atoms with Gasteiger partial charge in [0.2, 0.25) is 0 Å². The maximum absolute atomic E-state index is 6.35. The van der Waals surface area contributed by atoms with Crippen LogP contribution in [-0.4, -0.2) is 4.98 Å². The smallest absolute Gasteiger partial charge is 0.148 e. The summed E-state index contributed by atoms with van der Waals surface area (Å²) in [5.74, 6) is 1.64. The highest BCUT2D eigenvalue weighted by Gasteiger charge is 2.14. The van der Waals surface area contributed by atoms with Gasteiger partial charge in [0.05, 0.1) is 10.9 Å². The summed E-state index contributed by atoms with van der Waals surface area (Å²) in [7, 11) is 0. The van der Waals surface area contributed by atoms with Gasteiger partial charge in [-0.1, -0.05) is 90.5 Å². The largest absolute Gasteiger partial charge is 0.488 e. The van der Waals surface area contributed by atoms with Crippen LogP contribution in [0.4, 0.5) is 0 Å². The zero-order valence-corrected chi connectivity index (χ0v) is 18.8. The van der Waals surface area contributed by atoms with Crippen LogP contribution in [0.25, 0.3) is 10.9 Å². The van der Waals surface area contributed by atoms with Gasteiger partial charge in [-0.25, -0.2) is 0 Å². The normalized spacial score (nSPS) is 10.9. The van der Waals surface area contributed by atoms with Gasteiger partial charge in [0.15, 0.2) is 0 Å². The molecule has 0 aliphatic carbocycles. The van der Waals surface area contributed by atoms with Crippen molar-refractivity contribution in [2.75, 3.05) is 0 Å². The topological polar surface area (TPSA) is 34.2 Å². The summed E-state index contributed by atoms with van der Waals surface area (Å²) in [5.41, 5.74) is 7.04. The zero-order chi connectivity index (χ0) is 22.5. The summed E-state index contributed by atoms with van der Waals surface area (Å²) in [6.45, 7) is 3.13. The molecule has 0 fully saturated rings. The maximum Gasteiger partial charge on any atom is 0.148 e. The minimum absolute atomic E-state index is 0.507. The number of aryl methyl sites for hydroxylation is 1. The molecule has 0 bridgehead atoms. The molecule has 4 aromatic carbocycles. The molecule has 0 aliphatic heterocycles. The van der Waals surface area contributed by atoms with Crippen molar-refractivity contribution in [3.05, 3.63) is 131 Å². The molecule has 1 aromatic heterocycles. The summed E-state index contributed by atoms with van der Waals surface area (Å²) in [5, 5.41) is 0.981. The second-order valence-electron chi connectivity index (χ2n) is 8.38. The van der Waals surface area contributed by atoms with E-state index in [1.54, 1.807) is 0 Å². The first kappa shape index (κ1) is 20.9. The third kappa shape index (κ3) is 5.09. The van der Waals surface area contributed by atoms with Crippen LogP contribution in [-0.2, 0) is 19.6 Å². The lowest BCUT2D eigenvalue weighted by molar-refractivity contribution is 0.298. The van der Waals surface area contributed by atoms with Crippen molar-refractivity contribution in [3.63, 3.8) is 0 Å². The Kier molecular flexibility index (Phi) is 6.12. The zero-order valence-electron chi connectivity index (χ0n) is 18.8. The van der Waals surface area contributed by atoms with E-state index < -0.39 is 0 Å². The van der Waals surface area contributed by atoms with Crippen LogP contribution >= 0.6 is 0 Å². The number of aromatic nitrogens is 1. The van der Waals surface area contributed by atoms with Gasteiger partial charge in [-0.2, -0.15) is 0 Å². The minimum Gasteiger partial charge on any atom is -0.488 e. The Morgan fingerprint density at radius 2 is 1.21 bits per heavy atom. The van der Waals surface area contributed by atoms with Crippen LogP contribution in [0, 0.1) is 6.92 Å². The van der Waals surface area contributed by atoms with E-state index in [2.05, 4.69) is 72.6 Å². The summed E-state index contributed by atoms with van der Waals surface area (Å²) in [6.07, 6.45) is 2.77. The van der Waals surface area contributed by atoms with Crippen molar-refractivity contribution in [3.8, 4) is 11.5 Å². The van der Waals surface area contributed by atoms with Gasteiger partial charge in [-0.15, -0.1) is 0 Å². The third-order valence-corrected chi connectivity index (χ3v) is 5.77. The van der Waals surface area contributed by atoms with Crippen molar-refractivity contribution in [1.82, 2.24) is 4.98 Å². The molecule has 0 spiro atoms. The molecule has 1 N–H and O–H groups in total. The van der Waals surface area contributed by atoms with Gasteiger partial charge in [-0.3, -0.25) is 0 Å². The highest BCUT2D eigenvalue weighted by Crippen LogP contribution is 2.37. The minimum atomic E-state index is 0.507. The molecule has 5 aromatic rings. The van der Waals surface area contributed by atoms with Gasteiger partial charge in [0, 0.05) is 6.20 Å². The average molecular weight is 434 g/mol. The molecule has 164 valence electrons. The fourth-order valence-corrected chi connectivity index (χ4v) is 4.00. The van der Waals surface area contributed by atoms with Crippen LogP contribution in [0.15, 0.2) is 103 Å². The summed E-state index contributed by atoms with van der Waals surface area (Å²) < 4.78 is 12.6. The van der Waals surface area contributed by atoms with Crippen molar-refractivity contribution in [2.45, 2.75) is 26.6 Å². The number of rotatable bonds is 8. The third-order valence-electron chi connectivity index (χ3n) is 5.77. The fraction of sp³-hybridized carbons (Fsp3) is 0.133. The van der Waals surface area contributed by atoms with Gasteiger partial charge in [-0.05, 0) is 47.7 Å². The van der Waals surface area contributed by atoms with Crippen LogP contribution in [0.2, 0.25) is 0 Å². The number of fused-ring (bicyclic) bond motifs is 1. The van der Waals surface area contributed by atoms with Crippen LogP contribution in [0.3, 0.4) is 0 Å². The van der Waals surface area contributed by atoms with E-state index in [0.29, 0.717) is 13.2 Å². The summed E-state index contributed by atoms with van der Waals surface area (Å²) >= 11 is 0. The van der Waals surface area contributed by atoms with E-state index in [-0.39, 0.29) is 0 Å². The standard InChI is InChI=1S/C30H27NO2/c1-22-12-14-23(15-13-22)16-26-17-27-30(28(18-26)32-20-24-8-4-2-5-9-24)29(19-31-27)33-21-25-10-6-3-7-11-25/h2-15,17-19,31H,16,20-21H2,1H3. The number of aromatic amines is 1. The monoisotopic (exact) mass is 433 g/mol. The van der Waals surface area contributed by atoms with Crippen molar-refractivity contribution < 1.29 is 9.47 Å². The second-order valence-corrected chi connectivity index (χ2v) is 8.38. The lowest BCUT2D eigenvalue weighted by Crippen LogP contribution is -1.99. The number of H-pyrrole nitrogens is 1. The van der Waals surface area contributed by atoms with E-state index in [4.69, 9.17) is 9.47 Å². The molecule has 1 heterocycles. The molecular formula is C30H27NO2. The van der Waals surface area contributed by atoms with Crippen LogP contribution in [0.5, 0.6) is 11.5 Å². The van der Waals surface area contributed by atoms with Crippen LogP contribution in [0.1, 0.15) is 27.8 Å². The fourth-order valence-electron chi connectivity index (χ4n) is 4.00. The Hall–Kier alpha value is -3.98. The highest BCUT2D eigenvalue weighted by molar-refractivity contribution is 5.92. The summed E-state index contributed by atoms with van der Waals surface area (Å²) in [6, 6.07) is 33.5. The molecule has 33 heavy (non-hydrogen) atoms. The average Bonchev–Trinajstić information content (AvgIpc) is 3.27. The Morgan fingerprint density at radius 3 is 1.85 bits per heavy atom. The van der Waals surface area contributed by atoms with E-state index in [1.165, 1.54) is 16.7 Å². The van der Waals surface area contributed by atoms with Gasteiger partial charge < -0.3 is 14.5 Å². The van der Waals surface area contributed by atoms with Gasteiger partial charge in [0.25, 0.3) is 0 Å². The molecule has 0 unspecified atom stereocenters. The maximum atomic E-state index is 6.35.